The van der Waals surface area contributed by atoms with Gasteiger partial charge in [0.05, 0.1) is 0 Å². The molecule has 1 aliphatic rings. The summed E-state index contributed by atoms with van der Waals surface area (Å²) in [7, 11) is 0. The average Bonchev–Trinajstić information content (AvgIpc) is 2.67. The highest BCUT2D eigenvalue weighted by Crippen LogP contribution is 2.14. The highest BCUT2D eigenvalue weighted by atomic mass is 16.4. The minimum absolute atomic E-state index is 0.558. The van der Waals surface area contributed by atoms with Crippen LogP contribution in [0.15, 0.2) is 12.2 Å². The van der Waals surface area contributed by atoms with Crippen molar-refractivity contribution in [2.24, 2.45) is 0 Å². The van der Waals surface area contributed by atoms with E-state index in [1.807, 2.05) is 0 Å². The smallest absolute Gasteiger partial charge is 0.328 e. The first-order valence-electron chi connectivity index (χ1n) is 3.27. The molecule has 0 atom stereocenters. The van der Waals surface area contributed by atoms with E-state index < -0.39 is 11.9 Å². The Kier molecular flexibility index (Phi) is 4.81. The Balaban J connectivity index is 0.000000271. The zero-order valence-corrected chi connectivity index (χ0v) is 5.99. The Morgan fingerprint density at radius 1 is 0.909 bits per heavy atom. The predicted octanol–water partition coefficient (Wildman–Crippen LogP) is 0.882. The van der Waals surface area contributed by atoms with Gasteiger partial charge in [-0.1, -0.05) is 19.3 Å². The molecule has 0 heterocycles. The first-order valence-corrected chi connectivity index (χ1v) is 3.27. The Bertz CT molecular complexity index is 151. The topological polar surface area (TPSA) is 74.6 Å². The lowest BCUT2D eigenvalue weighted by Crippen LogP contribution is -1.91. The molecule has 1 aliphatic carbocycles. The van der Waals surface area contributed by atoms with Crippen LogP contribution in [-0.4, -0.2) is 22.2 Å². The number of carboxylic acids is 2. The van der Waals surface area contributed by atoms with Gasteiger partial charge in [-0.2, -0.15) is 0 Å². The molecule has 1 saturated carbocycles. The summed E-state index contributed by atoms with van der Waals surface area (Å²) in [6.45, 7) is 0. The molecular formula is C7H10O4. The average molecular weight is 158 g/mol. The van der Waals surface area contributed by atoms with E-state index in [1.54, 1.807) is 0 Å². The SMILES string of the molecule is C1CC1.O=C(O)/C=C/C(=O)O. The van der Waals surface area contributed by atoms with Gasteiger partial charge < -0.3 is 10.2 Å². The van der Waals surface area contributed by atoms with Crippen LogP contribution in [-0.2, 0) is 9.59 Å². The normalized spacial score (nSPS) is 13.5. The highest BCUT2D eigenvalue weighted by molar-refractivity contribution is 5.89. The molecule has 0 aromatic heterocycles. The number of carbonyl (C=O) groups is 2. The van der Waals surface area contributed by atoms with Gasteiger partial charge in [0.2, 0.25) is 0 Å². The summed E-state index contributed by atoms with van der Waals surface area (Å²) >= 11 is 0. The fourth-order valence-corrected chi connectivity index (χ4v) is 0.143. The van der Waals surface area contributed by atoms with Crippen LogP contribution in [0.5, 0.6) is 0 Å². The third kappa shape index (κ3) is 17.7. The molecule has 4 nitrogen and oxygen atoms in total. The van der Waals surface area contributed by atoms with E-state index in [-0.39, 0.29) is 0 Å². The van der Waals surface area contributed by atoms with Crippen LogP contribution in [0, 0.1) is 0 Å². The van der Waals surface area contributed by atoms with E-state index >= 15 is 0 Å². The van der Waals surface area contributed by atoms with Crippen LogP contribution in [0.1, 0.15) is 19.3 Å². The standard InChI is InChI=1S/C4H4O4.C3H6/c5-3(6)1-2-4(7)8;1-2-3-1/h1-2H,(H,5,6)(H,7,8);1-3H2/b2-1+;. The van der Waals surface area contributed by atoms with E-state index in [1.165, 1.54) is 19.3 Å². The lowest BCUT2D eigenvalue weighted by atomic mass is 10.5. The highest BCUT2D eigenvalue weighted by Gasteiger charge is 1.95. The number of hydrogen-bond acceptors (Lipinski definition) is 2. The van der Waals surface area contributed by atoms with Gasteiger partial charge in [0.25, 0.3) is 0 Å². The number of carboxylic acid groups (broad SMARTS) is 2. The molecule has 0 aromatic rings. The Morgan fingerprint density at radius 2 is 1.18 bits per heavy atom. The van der Waals surface area contributed by atoms with E-state index in [2.05, 4.69) is 0 Å². The molecule has 2 N–H and O–H groups in total. The van der Waals surface area contributed by atoms with Crippen molar-refractivity contribution in [1.82, 2.24) is 0 Å². The van der Waals surface area contributed by atoms with Gasteiger partial charge in [0.15, 0.2) is 0 Å². The van der Waals surface area contributed by atoms with Crippen molar-refractivity contribution in [3.63, 3.8) is 0 Å². The summed E-state index contributed by atoms with van der Waals surface area (Å²) < 4.78 is 0. The van der Waals surface area contributed by atoms with Crippen LogP contribution in [0.3, 0.4) is 0 Å². The Hall–Kier alpha value is -1.32. The second kappa shape index (κ2) is 5.46. The summed E-state index contributed by atoms with van der Waals surface area (Å²) in [5.41, 5.74) is 0. The third-order valence-electron chi connectivity index (χ3n) is 0.722. The van der Waals surface area contributed by atoms with Crippen molar-refractivity contribution >= 4 is 11.9 Å². The summed E-state index contributed by atoms with van der Waals surface area (Å²) in [5, 5.41) is 15.6. The largest absolute Gasteiger partial charge is 0.478 e. The van der Waals surface area contributed by atoms with Crippen LogP contribution in [0.2, 0.25) is 0 Å². The molecule has 11 heavy (non-hydrogen) atoms. The summed E-state index contributed by atoms with van der Waals surface area (Å²) in [5.74, 6) is -2.51. The van der Waals surface area contributed by atoms with Gasteiger partial charge in [-0.15, -0.1) is 0 Å². The first-order chi connectivity index (χ1) is 5.13. The summed E-state index contributed by atoms with van der Waals surface area (Å²) in [6, 6.07) is 0. The van der Waals surface area contributed by atoms with E-state index in [0.29, 0.717) is 12.2 Å². The van der Waals surface area contributed by atoms with Crippen LogP contribution in [0.25, 0.3) is 0 Å². The predicted molar refractivity (Wildman–Crippen MR) is 38.3 cm³/mol. The molecule has 0 amide bonds. The number of hydrogen-bond donors (Lipinski definition) is 2. The van der Waals surface area contributed by atoms with E-state index in [4.69, 9.17) is 10.2 Å². The monoisotopic (exact) mass is 158 g/mol. The number of rotatable bonds is 2. The van der Waals surface area contributed by atoms with Crippen molar-refractivity contribution in [2.45, 2.75) is 19.3 Å². The van der Waals surface area contributed by atoms with Crippen LogP contribution in [0.4, 0.5) is 0 Å². The minimum Gasteiger partial charge on any atom is -0.478 e. The van der Waals surface area contributed by atoms with Crippen molar-refractivity contribution in [3.05, 3.63) is 12.2 Å². The maximum atomic E-state index is 9.55. The molecule has 1 rings (SSSR count). The molecule has 0 aliphatic heterocycles. The molecule has 4 heteroatoms. The van der Waals surface area contributed by atoms with Gasteiger partial charge >= 0.3 is 11.9 Å². The van der Waals surface area contributed by atoms with Gasteiger partial charge in [-0.25, -0.2) is 9.59 Å². The van der Waals surface area contributed by atoms with Crippen molar-refractivity contribution in [2.75, 3.05) is 0 Å². The third-order valence-corrected chi connectivity index (χ3v) is 0.722. The fourth-order valence-electron chi connectivity index (χ4n) is 0.143. The molecule has 1 fully saturated rings. The van der Waals surface area contributed by atoms with Gasteiger partial charge in [-0.05, 0) is 0 Å². The molecule has 0 unspecified atom stereocenters. The second-order valence-electron chi connectivity index (χ2n) is 2.07. The Labute approximate surface area is 64.2 Å². The molecule has 0 saturated heterocycles. The molecule has 0 bridgehead atoms. The molecule has 0 aromatic carbocycles. The molecule has 62 valence electrons. The van der Waals surface area contributed by atoms with Crippen molar-refractivity contribution in [1.29, 1.82) is 0 Å². The van der Waals surface area contributed by atoms with Crippen molar-refractivity contribution in [3.8, 4) is 0 Å². The Morgan fingerprint density at radius 3 is 1.27 bits per heavy atom. The lowest BCUT2D eigenvalue weighted by Gasteiger charge is -1.74. The molecular weight excluding hydrogens is 148 g/mol. The van der Waals surface area contributed by atoms with E-state index in [0.717, 1.165) is 0 Å². The van der Waals surface area contributed by atoms with Crippen LogP contribution >= 0.6 is 0 Å². The van der Waals surface area contributed by atoms with Gasteiger partial charge in [0.1, 0.15) is 0 Å². The minimum atomic E-state index is -1.26. The van der Waals surface area contributed by atoms with Gasteiger partial charge in [-0.3, -0.25) is 0 Å². The lowest BCUT2D eigenvalue weighted by molar-refractivity contribution is -0.134. The molecule has 0 radical (unpaired) electrons. The van der Waals surface area contributed by atoms with Crippen LogP contribution < -0.4 is 0 Å². The van der Waals surface area contributed by atoms with Crippen molar-refractivity contribution < 1.29 is 19.8 Å². The maximum absolute atomic E-state index is 9.55. The number of aliphatic carboxylic acids is 2. The second-order valence-corrected chi connectivity index (χ2v) is 2.07. The van der Waals surface area contributed by atoms with Gasteiger partial charge in [0, 0.05) is 12.2 Å². The first kappa shape index (κ1) is 9.68. The zero-order chi connectivity index (χ0) is 8.69. The molecule has 0 spiro atoms. The summed E-state index contributed by atoms with van der Waals surface area (Å²) in [6.07, 6.45) is 5.62. The zero-order valence-electron chi connectivity index (χ0n) is 5.99. The maximum Gasteiger partial charge on any atom is 0.328 e. The fraction of sp³-hybridized carbons (Fsp3) is 0.429. The van der Waals surface area contributed by atoms with E-state index in [9.17, 15) is 9.59 Å². The quantitative estimate of drug-likeness (QED) is 0.585. The summed E-state index contributed by atoms with van der Waals surface area (Å²) in [4.78, 5) is 19.1.